The molecule has 0 aromatic heterocycles. The van der Waals surface area contributed by atoms with Crippen LogP contribution in [-0.4, -0.2) is 35.5 Å². The average Bonchev–Trinajstić information content (AvgIpc) is 3.01. The van der Waals surface area contributed by atoms with Gasteiger partial charge >= 0.3 is 47.5 Å². The maximum Gasteiger partial charge on any atom is 0.478 e. The molecule has 0 amide bonds. The molecule has 0 spiro atoms. The highest BCUT2D eigenvalue weighted by atomic mass is 35.5. The van der Waals surface area contributed by atoms with Crippen molar-refractivity contribution in [2.75, 3.05) is 0 Å². The van der Waals surface area contributed by atoms with E-state index in [0.717, 1.165) is 0 Å². The third kappa shape index (κ3) is 4.07. The molecule has 0 bridgehead atoms. The van der Waals surface area contributed by atoms with Gasteiger partial charge in [0.15, 0.2) is 12.5 Å². The van der Waals surface area contributed by atoms with E-state index in [1.165, 1.54) is 0 Å². The van der Waals surface area contributed by atoms with Crippen LogP contribution in [0.15, 0.2) is 24.6 Å². The predicted molar refractivity (Wildman–Crippen MR) is 57.1 cm³/mol. The molecule has 0 saturated carbocycles. The van der Waals surface area contributed by atoms with Gasteiger partial charge in [-0.15, -0.1) is 0 Å². The second kappa shape index (κ2) is 6.84. The average molecular weight is 469 g/mol. The first-order valence-corrected chi connectivity index (χ1v) is 6.30. The van der Waals surface area contributed by atoms with Gasteiger partial charge in [0, 0.05) is 0 Å². The fourth-order valence-electron chi connectivity index (χ4n) is 1.45. The molecule has 0 N–H and O–H groups in total. The quantitative estimate of drug-likeness (QED) is 0.375. The molecule has 0 aromatic carbocycles. The summed E-state index contributed by atoms with van der Waals surface area (Å²) in [6.45, 7) is 0. The van der Waals surface area contributed by atoms with Gasteiger partial charge in [0.1, 0.15) is 0 Å². The molecule has 2 aliphatic heterocycles. The number of rotatable bonds is 1. The lowest BCUT2D eigenvalue weighted by molar-refractivity contribution is -0.438. The maximum atomic E-state index is 12.3. The fraction of sp³-hybridized carbons (Fsp3) is 0.600. The largest absolute Gasteiger partial charge is 0.478 e. The van der Waals surface area contributed by atoms with Crippen molar-refractivity contribution in [2.45, 2.75) is 35.5 Å². The summed E-state index contributed by atoms with van der Waals surface area (Å²) in [6.07, 6.45) is -18.1. The van der Waals surface area contributed by atoms with Crippen molar-refractivity contribution in [2.24, 2.45) is 0 Å². The van der Waals surface area contributed by atoms with Gasteiger partial charge in [0.05, 0.1) is 0 Å². The Labute approximate surface area is 149 Å². The number of hydrogen-bond acceptors (Lipinski definition) is 4. The lowest BCUT2D eigenvalue weighted by Crippen LogP contribution is -2.57. The van der Waals surface area contributed by atoms with E-state index in [1.54, 1.807) is 0 Å². The molecule has 18 heteroatoms. The van der Waals surface area contributed by atoms with Gasteiger partial charge < -0.3 is 18.9 Å². The first-order valence-electron chi connectivity index (χ1n) is 5.92. The van der Waals surface area contributed by atoms with Gasteiger partial charge in [-0.3, -0.25) is 0 Å². The molecule has 1 atom stereocenters. The minimum absolute atomic E-state index is 0.232. The molecule has 2 heterocycles. The molecule has 164 valence electrons. The Balaban J connectivity index is 0.000000280. The molecule has 0 aromatic rings. The van der Waals surface area contributed by atoms with Crippen LogP contribution in [0.2, 0.25) is 0 Å². The van der Waals surface area contributed by atoms with Gasteiger partial charge in [-0.1, -0.05) is 0 Å². The van der Waals surface area contributed by atoms with Crippen LogP contribution < -0.4 is 0 Å². The lowest BCUT2D eigenvalue weighted by atomic mass is 10.2. The van der Waals surface area contributed by atoms with Crippen molar-refractivity contribution in [3.05, 3.63) is 24.6 Å². The van der Waals surface area contributed by atoms with Gasteiger partial charge in [-0.05, 0) is 11.6 Å². The van der Waals surface area contributed by atoms with E-state index in [2.05, 4.69) is 30.5 Å². The second-order valence-corrected chi connectivity index (χ2v) is 4.98. The number of ether oxygens (including phenoxy) is 4. The monoisotopic (exact) mass is 468 g/mol. The highest BCUT2D eigenvalue weighted by Crippen LogP contribution is 2.52. The molecule has 28 heavy (non-hydrogen) atoms. The lowest BCUT2D eigenvalue weighted by Gasteiger charge is -2.31. The molecule has 2 rings (SSSR count). The summed E-state index contributed by atoms with van der Waals surface area (Å²) in [4.78, 5) is 0. The molecule has 0 fully saturated rings. The third-order valence-electron chi connectivity index (χ3n) is 2.61. The van der Waals surface area contributed by atoms with Gasteiger partial charge in [0.2, 0.25) is 0 Å². The Hall–Kier alpha value is -1.94. The SMILES string of the molecule is FC1=COC(C(F)(F)F)(C(F)(F)Cl)O1.FC1=COC(C(F)(F)F)(C(F)(F)F)O1. The van der Waals surface area contributed by atoms with Crippen LogP contribution in [0.5, 0.6) is 0 Å². The van der Waals surface area contributed by atoms with Crippen molar-refractivity contribution in [3.8, 4) is 0 Å². The van der Waals surface area contributed by atoms with Crippen LogP contribution in [-0.2, 0) is 18.9 Å². The molecule has 1 unspecified atom stereocenters. The van der Waals surface area contributed by atoms with E-state index in [1.807, 2.05) is 0 Å². The summed E-state index contributed by atoms with van der Waals surface area (Å²) < 4.78 is 169. The summed E-state index contributed by atoms with van der Waals surface area (Å²) in [7, 11) is 0. The third-order valence-corrected chi connectivity index (χ3v) is 2.86. The van der Waals surface area contributed by atoms with Crippen LogP contribution in [0.1, 0.15) is 0 Å². The van der Waals surface area contributed by atoms with Gasteiger partial charge in [0.25, 0.3) is 0 Å². The van der Waals surface area contributed by atoms with Gasteiger partial charge in [-0.2, -0.15) is 57.1 Å². The zero-order valence-electron chi connectivity index (χ0n) is 12.1. The van der Waals surface area contributed by atoms with Crippen molar-refractivity contribution in [1.82, 2.24) is 0 Å². The standard InChI is InChI=1S/C5HClF6O2.C5HF7O2/c6-4(8,9)3(5(10,11)12)13-1-2(7)14-3;6-2-1-13-3(14-2,4(7,8)9)5(10,11)12/h2*1H. The first-order chi connectivity index (χ1) is 12.2. The summed E-state index contributed by atoms with van der Waals surface area (Å²) in [5.74, 6) is -9.42. The van der Waals surface area contributed by atoms with Crippen LogP contribution in [0.25, 0.3) is 0 Å². The second-order valence-electron chi connectivity index (χ2n) is 4.51. The van der Waals surface area contributed by atoms with Crippen molar-refractivity contribution >= 4 is 11.6 Å². The van der Waals surface area contributed by atoms with Crippen molar-refractivity contribution in [1.29, 1.82) is 0 Å². The van der Waals surface area contributed by atoms with Crippen LogP contribution >= 0.6 is 11.6 Å². The highest BCUT2D eigenvalue weighted by Gasteiger charge is 2.79. The molecule has 0 saturated heterocycles. The summed E-state index contributed by atoms with van der Waals surface area (Å²) in [6, 6.07) is -4.01. The van der Waals surface area contributed by atoms with Crippen LogP contribution in [0.4, 0.5) is 57.1 Å². The van der Waals surface area contributed by atoms with E-state index >= 15 is 0 Å². The Morgan fingerprint density at radius 3 is 1.00 bits per heavy atom. The number of alkyl halides is 12. The zero-order valence-corrected chi connectivity index (χ0v) is 12.8. The summed E-state index contributed by atoms with van der Waals surface area (Å²) >= 11 is 4.14. The molecular weight excluding hydrogens is 467 g/mol. The highest BCUT2D eigenvalue weighted by molar-refractivity contribution is 6.22. The maximum absolute atomic E-state index is 12.3. The minimum atomic E-state index is -5.92. The first kappa shape index (κ1) is 24.1. The molecule has 4 nitrogen and oxygen atoms in total. The molecule has 0 aliphatic carbocycles. The van der Waals surface area contributed by atoms with Crippen LogP contribution in [0, 0.1) is 0 Å². The van der Waals surface area contributed by atoms with E-state index in [9.17, 15) is 57.1 Å². The van der Waals surface area contributed by atoms with E-state index in [-0.39, 0.29) is 12.5 Å². The predicted octanol–water partition coefficient (Wildman–Crippen LogP) is 5.51. The Morgan fingerprint density at radius 1 is 0.607 bits per heavy atom. The van der Waals surface area contributed by atoms with Crippen molar-refractivity contribution in [3.63, 3.8) is 0 Å². The number of hydrogen-bond donors (Lipinski definition) is 0. The summed E-state index contributed by atoms with van der Waals surface area (Å²) in [5.41, 5.74) is 0. The Morgan fingerprint density at radius 2 is 0.893 bits per heavy atom. The van der Waals surface area contributed by atoms with Crippen molar-refractivity contribution < 1.29 is 76.0 Å². The van der Waals surface area contributed by atoms with E-state index in [4.69, 9.17) is 0 Å². The molecule has 0 radical (unpaired) electrons. The van der Waals surface area contributed by atoms with Crippen LogP contribution in [0.3, 0.4) is 0 Å². The zero-order chi connectivity index (χ0) is 22.4. The fourth-order valence-corrected chi connectivity index (χ4v) is 1.64. The Bertz CT molecular complexity index is 558. The Kier molecular flexibility index (Phi) is 5.89. The van der Waals surface area contributed by atoms with E-state index < -0.39 is 47.5 Å². The normalized spacial score (nSPS) is 24.6. The van der Waals surface area contributed by atoms with E-state index in [0.29, 0.717) is 0 Å². The number of halogens is 14. The topological polar surface area (TPSA) is 36.9 Å². The molecular formula is C10H2ClF13O4. The smallest absolute Gasteiger partial charge is 0.441 e. The summed E-state index contributed by atoms with van der Waals surface area (Å²) in [5, 5.41) is -4.95. The molecule has 2 aliphatic rings. The van der Waals surface area contributed by atoms with Gasteiger partial charge in [-0.25, -0.2) is 0 Å². The minimum Gasteiger partial charge on any atom is -0.441 e.